The van der Waals surface area contributed by atoms with Gasteiger partial charge >= 0.3 is 0 Å². The molecule has 0 aliphatic carbocycles. The summed E-state index contributed by atoms with van der Waals surface area (Å²) in [6, 6.07) is 8.14. The van der Waals surface area contributed by atoms with Crippen LogP contribution in [0.3, 0.4) is 0 Å². The first-order valence-electron chi connectivity index (χ1n) is 7.44. The molecule has 0 radical (unpaired) electrons. The first kappa shape index (κ1) is 15.9. The standard InChI is InChI=1S/C16H15FN4O3/c17-12-3-1-2-11(10-12)15(23)20-6-8-21(9-7-20)16(24)13-4-5-14(22)19-18-13/h1-5,10H,6-9H2,(H,19,22). The van der Waals surface area contributed by atoms with Gasteiger partial charge < -0.3 is 9.80 Å². The smallest absolute Gasteiger partial charge is 0.274 e. The number of benzene rings is 1. The first-order chi connectivity index (χ1) is 11.5. The summed E-state index contributed by atoms with van der Waals surface area (Å²) in [6.45, 7) is 1.40. The molecule has 0 spiro atoms. The van der Waals surface area contributed by atoms with Gasteiger partial charge in [-0.3, -0.25) is 14.4 Å². The fraction of sp³-hybridized carbons (Fsp3) is 0.250. The molecular formula is C16H15FN4O3. The Balaban J connectivity index is 1.63. The van der Waals surface area contributed by atoms with Gasteiger partial charge in [0.05, 0.1) is 0 Å². The number of aromatic nitrogens is 2. The molecule has 1 aromatic heterocycles. The molecule has 1 fully saturated rings. The molecule has 1 aliphatic rings. The Morgan fingerprint density at radius 2 is 1.67 bits per heavy atom. The third-order valence-corrected chi connectivity index (χ3v) is 3.82. The van der Waals surface area contributed by atoms with Crippen LogP contribution in [0.5, 0.6) is 0 Å². The van der Waals surface area contributed by atoms with E-state index in [9.17, 15) is 18.8 Å². The van der Waals surface area contributed by atoms with Crippen molar-refractivity contribution in [1.82, 2.24) is 20.0 Å². The zero-order chi connectivity index (χ0) is 17.1. The van der Waals surface area contributed by atoms with Crippen molar-refractivity contribution in [3.8, 4) is 0 Å². The minimum Gasteiger partial charge on any atom is -0.335 e. The number of halogens is 1. The number of carbonyl (C=O) groups is 2. The van der Waals surface area contributed by atoms with E-state index in [-0.39, 0.29) is 28.6 Å². The van der Waals surface area contributed by atoms with E-state index in [0.717, 1.165) is 0 Å². The minimum atomic E-state index is -0.459. The molecule has 24 heavy (non-hydrogen) atoms. The predicted octanol–water partition coefficient (Wildman–Crippen LogP) is 0.507. The Morgan fingerprint density at radius 3 is 2.25 bits per heavy atom. The van der Waals surface area contributed by atoms with Gasteiger partial charge in [-0.05, 0) is 24.3 Å². The molecule has 3 rings (SSSR count). The molecular weight excluding hydrogens is 315 g/mol. The highest BCUT2D eigenvalue weighted by atomic mass is 19.1. The van der Waals surface area contributed by atoms with Crippen molar-refractivity contribution < 1.29 is 14.0 Å². The van der Waals surface area contributed by atoms with Gasteiger partial charge in [0.25, 0.3) is 17.4 Å². The van der Waals surface area contributed by atoms with Gasteiger partial charge in [0.15, 0.2) is 0 Å². The maximum atomic E-state index is 13.2. The van der Waals surface area contributed by atoms with E-state index in [4.69, 9.17) is 0 Å². The first-order valence-corrected chi connectivity index (χ1v) is 7.44. The highest BCUT2D eigenvalue weighted by Crippen LogP contribution is 2.11. The zero-order valence-electron chi connectivity index (χ0n) is 12.7. The molecule has 0 unspecified atom stereocenters. The summed E-state index contributed by atoms with van der Waals surface area (Å²) in [6.07, 6.45) is 0. The maximum Gasteiger partial charge on any atom is 0.274 e. The fourth-order valence-electron chi connectivity index (χ4n) is 2.54. The van der Waals surface area contributed by atoms with Crippen LogP contribution in [-0.4, -0.2) is 58.0 Å². The lowest BCUT2D eigenvalue weighted by Crippen LogP contribution is -2.50. The molecule has 2 heterocycles. The fourth-order valence-corrected chi connectivity index (χ4v) is 2.54. The Hall–Kier alpha value is -3.03. The van der Waals surface area contributed by atoms with E-state index in [2.05, 4.69) is 10.2 Å². The van der Waals surface area contributed by atoms with Crippen LogP contribution in [0.4, 0.5) is 4.39 Å². The second-order valence-electron chi connectivity index (χ2n) is 5.40. The minimum absolute atomic E-state index is 0.152. The normalized spacial score (nSPS) is 14.5. The highest BCUT2D eigenvalue weighted by Gasteiger charge is 2.26. The van der Waals surface area contributed by atoms with Crippen LogP contribution in [0.15, 0.2) is 41.2 Å². The van der Waals surface area contributed by atoms with Gasteiger partial charge in [0.1, 0.15) is 11.5 Å². The molecule has 1 aromatic carbocycles. The molecule has 8 heteroatoms. The lowest BCUT2D eigenvalue weighted by atomic mass is 10.1. The summed E-state index contributed by atoms with van der Waals surface area (Å²) in [5, 5.41) is 5.93. The van der Waals surface area contributed by atoms with E-state index in [1.807, 2.05) is 0 Å². The summed E-state index contributed by atoms with van der Waals surface area (Å²) in [5.41, 5.74) is 0.0636. The van der Waals surface area contributed by atoms with E-state index in [1.165, 1.54) is 30.3 Å². The Bertz CT molecular complexity index is 808. The van der Waals surface area contributed by atoms with Crippen LogP contribution in [0.1, 0.15) is 20.8 Å². The molecule has 0 bridgehead atoms. The molecule has 1 saturated heterocycles. The number of rotatable bonds is 2. The summed E-state index contributed by atoms with van der Waals surface area (Å²) < 4.78 is 13.2. The number of nitrogens with zero attached hydrogens (tertiary/aromatic N) is 3. The quantitative estimate of drug-likeness (QED) is 0.869. The van der Waals surface area contributed by atoms with Gasteiger partial charge in [0, 0.05) is 37.8 Å². The van der Waals surface area contributed by atoms with Gasteiger partial charge in [-0.25, -0.2) is 9.49 Å². The molecule has 124 valence electrons. The van der Waals surface area contributed by atoms with Crippen LogP contribution in [0, 0.1) is 5.82 Å². The average Bonchev–Trinajstić information content (AvgIpc) is 2.61. The number of aromatic amines is 1. The monoisotopic (exact) mass is 330 g/mol. The van der Waals surface area contributed by atoms with Gasteiger partial charge in [-0.1, -0.05) is 6.07 Å². The molecule has 7 nitrogen and oxygen atoms in total. The summed E-state index contributed by atoms with van der Waals surface area (Å²) in [7, 11) is 0. The van der Waals surface area contributed by atoms with Crippen LogP contribution >= 0.6 is 0 Å². The number of nitrogens with one attached hydrogen (secondary N) is 1. The van der Waals surface area contributed by atoms with Crippen molar-refractivity contribution in [3.05, 3.63) is 63.8 Å². The number of hydrogen-bond donors (Lipinski definition) is 1. The number of carbonyl (C=O) groups excluding carboxylic acids is 2. The van der Waals surface area contributed by atoms with Crippen molar-refractivity contribution >= 4 is 11.8 Å². The lowest BCUT2D eigenvalue weighted by molar-refractivity contribution is 0.0531. The molecule has 0 saturated carbocycles. The molecule has 1 aliphatic heterocycles. The number of amides is 2. The van der Waals surface area contributed by atoms with Crippen molar-refractivity contribution in [3.63, 3.8) is 0 Å². The third kappa shape index (κ3) is 3.32. The van der Waals surface area contributed by atoms with Crippen molar-refractivity contribution in [2.75, 3.05) is 26.2 Å². The topological polar surface area (TPSA) is 86.4 Å². The van der Waals surface area contributed by atoms with Crippen molar-refractivity contribution in [2.24, 2.45) is 0 Å². The van der Waals surface area contributed by atoms with Crippen LogP contribution < -0.4 is 5.56 Å². The van der Waals surface area contributed by atoms with Gasteiger partial charge in [0.2, 0.25) is 0 Å². The maximum absolute atomic E-state index is 13.2. The summed E-state index contributed by atoms with van der Waals surface area (Å²) in [5.74, 6) is -1.02. The lowest BCUT2D eigenvalue weighted by Gasteiger charge is -2.34. The van der Waals surface area contributed by atoms with Crippen molar-refractivity contribution in [1.29, 1.82) is 0 Å². The molecule has 0 atom stereocenters. The zero-order valence-corrected chi connectivity index (χ0v) is 12.7. The average molecular weight is 330 g/mol. The van der Waals surface area contributed by atoms with E-state index in [0.29, 0.717) is 26.2 Å². The third-order valence-electron chi connectivity index (χ3n) is 3.82. The van der Waals surface area contributed by atoms with Crippen LogP contribution in [0.25, 0.3) is 0 Å². The summed E-state index contributed by atoms with van der Waals surface area (Å²) in [4.78, 5) is 38.8. The van der Waals surface area contributed by atoms with E-state index < -0.39 is 5.82 Å². The summed E-state index contributed by atoms with van der Waals surface area (Å²) >= 11 is 0. The van der Waals surface area contributed by atoms with Gasteiger partial charge in [-0.2, -0.15) is 5.10 Å². The number of hydrogen-bond acceptors (Lipinski definition) is 4. The van der Waals surface area contributed by atoms with Crippen LogP contribution in [-0.2, 0) is 0 Å². The number of H-pyrrole nitrogens is 1. The number of piperazine rings is 1. The van der Waals surface area contributed by atoms with E-state index in [1.54, 1.807) is 15.9 Å². The Morgan fingerprint density at radius 1 is 1.00 bits per heavy atom. The molecule has 2 aromatic rings. The Kier molecular flexibility index (Phi) is 4.37. The van der Waals surface area contributed by atoms with E-state index >= 15 is 0 Å². The predicted molar refractivity (Wildman–Crippen MR) is 83.1 cm³/mol. The van der Waals surface area contributed by atoms with Crippen LogP contribution in [0.2, 0.25) is 0 Å². The highest BCUT2D eigenvalue weighted by molar-refractivity contribution is 5.95. The largest absolute Gasteiger partial charge is 0.335 e. The Labute approximate surface area is 136 Å². The van der Waals surface area contributed by atoms with Gasteiger partial charge in [-0.15, -0.1) is 0 Å². The SMILES string of the molecule is O=C(c1cccc(F)c1)N1CCN(C(=O)c2ccc(=O)[nH]n2)CC1. The second kappa shape index (κ2) is 6.61. The molecule has 1 N–H and O–H groups in total. The molecule has 2 amide bonds. The van der Waals surface area contributed by atoms with Crippen molar-refractivity contribution in [2.45, 2.75) is 0 Å². The second-order valence-corrected chi connectivity index (χ2v) is 5.40.